The van der Waals surface area contributed by atoms with E-state index in [1.807, 2.05) is 43.9 Å². The lowest BCUT2D eigenvalue weighted by Gasteiger charge is -2.42. The Kier molecular flexibility index (Phi) is 5.94. The molecule has 0 aliphatic carbocycles. The number of halogens is 1. The molecule has 1 atom stereocenters. The smallest absolute Gasteiger partial charge is 0.410 e. The topological polar surface area (TPSA) is 59.1 Å². The highest BCUT2D eigenvalue weighted by molar-refractivity contribution is 7.17. The monoisotopic (exact) mass is 498 g/mol. The van der Waals surface area contributed by atoms with Crippen molar-refractivity contribution in [3.63, 3.8) is 0 Å². The Morgan fingerprint density at radius 1 is 1.15 bits per heavy atom. The van der Waals surface area contributed by atoms with Gasteiger partial charge in [-0.05, 0) is 56.0 Å². The molecule has 8 heteroatoms. The van der Waals surface area contributed by atoms with Gasteiger partial charge in [-0.3, -0.25) is 4.79 Å². The van der Waals surface area contributed by atoms with Gasteiger partial charge in [0.25, 0.3) is 5.91 Å². The van der Waals surface area contributed by atoms with Gasteiger partial charge in [0.1, 0.15) is 11.4 Å². The van der Waals surface area contributed by atoms with Crippen LogP contribution >= 0.6 is 22.9 Å². The predicted molar refractivity (Wildman–Crippen MR) is 135 cm³/mol. The van der Waals surface area contributed by atoms with Crippen molar-refractivity contribution in [2.24, 2.45) is 0 Å². The van der Waals surface area contributed by atoms with Crippen LogP contribution in [0.3, 0.4) is 0 Å². The molecule has 1 aromatic heterocycles. The molecule has 1 saturated heterocycles. The fraction of sp³-hybridized carbons (Fsp3) is 0.385. The molecule has 34 heavy (non-hydrogen) atoms. The van der Waals surface area contributed by atoms with Gasteiger partial charge in [-0.1, -0.05) is 23.7 Å². The first-order valence-corrected chi connectivity index (χ1v) is 12.7. The number of rotatable bonds is 1. The van der Waals surface area contributed by atoms with Crippen molar-refractivity contribution in [3.05, 3.63) is 52.4 Å². The number of fused-ring (bicyclic) bond motifs is 3. The standard InChI is InChI=1S/C26H27ClN2O4S/c1-26(2,3)33-25(31)28-9-10-29-16(15-28)7-11-32-22-14-19(21(27)13-20(22)24(29)30)17-5-4-6-23-18(17)8-12-34-23/h4-6,8,12-14,16H,7,9-11,15H2,1-3H3/t16-/m0/s1. The normalized spacial score (nSPS) is 18.6. The van der Waals surface area contributed by atoms with Crippen LogP contribution in [0.2, 0.25) is 5.02 Å². The van der Waals surface area contributed by atoms with Crippen molar-refractivity contribution >= 4 is 45.0 Å². The minimum Gasteiger partial charge on any atom is -0.493 e. The first-order chi connectivity index (χ1) is 16.2. The summed E-state index contributed by atoms with van der Waals surface area (Å²) in [6, 6.07) is 11.7. The van der Waals surface area contributed by atoms with Gasteiger partial charge in [0.2, 0.25) is 0 Å². The van der Waals surface area contributed by atoms with E-state index in [2.05, 4.69) is 17.5 Å². The number of benzene rings is 2. The van der Waals surface area contributed by atoms with Crippen LogP contribution in [-0.4, -0.2) is 59.7 Å². The Morgan fingerprint density at radius 2 is 1.97 bits per heavy atom. The van der Waals surface area contributed by atoms with Crippen molar-refractivity contribution in [2.45, 2.75) is 38.8 Å². The van der Waals surface area contributed by atoms with E-state index in [1.54, 1.807) is 22.3 Å². The van der Waals surface area contributed by atoms with Gasteiger partial charge in [0, 0.05) is 46.7 Å². The summed E-state index contributed by atoms with van der Waals surface area (Å²) in [5, 5.41) is 3.70. The molecule has 3 heterocycles. The first-order valence-electron chi connectivity index (χ1n) is 11.4. The summed E-state index contributed by atoms with van der Waals surface area (Å²) in [6.07, 6.45) is 0.279. The predicted octanol–water partition coefficient (Wildman–Crippen LogP) is 6.07. The van der Waals surface area contributed by atoms with Crippen LogP contribution in [-0.2, 0) is 4.74 Å². The van der Waals surface area contributed by atoms with Gasteiger partial charge in [-0.15, -0.1) is 11.3 Å². The highest BCUT2D eigenvalue weighted by Crippen LogP contribution is 2.40. The number of carbonyl (C=O) groups is 2. The molecule has 2 amide bonds. The van der Waals surface area contributed by atoms with E-state index in [0.29, 0.717) is 49.0 Å². The summed E-state index contributed by atoms with van der Waals surface area (Å²) >= 11 is 8.41. The Labute approximate surface area is 208 Å². The third kappa shape index (κ3) is 4.34. The highest BCUT2D eigenvalue weighted by Gasteiger charge is 2.37. The van der Waals surface area contributed by atoms with Crippen LogP contribution in [0.5, 0.6) is 5.75 Å². The molecular formula is C26H27ClN2O4S. The van der Waals surface area contributed by atoms with Gasteiger partial charge in [0.05, 0.1) is 18.2 Å². The molecule has 178 valence electrons. The van der Waals surface area contributed by atoms with E-state index in [4.69, 9.17) is 21.1 Å². The molecule has 0 saturated carbocycles. The number of hydrogen-bond donors (Lipinski definition) is 0. The molecule has 3 aromatic rings. The molecular weight excluding hydrogens is 472 g/mol. The van der Waals surface area contributed by atoms with Gasteiger partial charge < -0.3 is 19.3 Å². The number of hydrogen-bond acceptors (Lipinski definition) is 5. The molecule has 0 spiro atoms. The van der Waals surface area contributed by atoms with E-state index in [9.17, 15) is 9.59 Å². The van der Waals surface area contributed by atoms with Gasteiger partial charge in [-0.25, -0.2) is 4.79 Å². The van der Waals surface area contributed by atoms with Crippen molar-refractivity contribution in [1.82, 2.24) is 9.80 Å². The molecule has 2 aliphatic heterocycles. The van der Waals surface area contributed by atoms with Crippen LogP contribution in [0.15, 0.2) is 41.8 Å². The maximum absolute atomic E-state index is 13.6. The zero-order chi connectivity index (χ0) is 24.0. The molecule has 0 unspecified atom stereocenters. The molecule has 5 rings (SSSR count). The number of nitrogens with zero attached hydrogens (tertiary/aromatic N) is 2. The molecule has 2 aromatic carbocycles. The molecule has 2 aliphatic rings. The lowest BCUT2D eigenvalue weighted by molar-refractivity contribution is 0.00109. The number of carbonyl (C=O) groups excluding carboxylic acids is 2. The quantitative estimate of drug-likeness (QED) is 0.409. The zero-order valence-electron chi connectivity index (χ0n) is 19.5. The molecule has 6 nitrogen and oxygen atoms in total. The summed E-state index contributed by atoms with van der Waals surface area (Å²) in [5.74, 6) is 0.426. The number of thiophene rings is 1. The Hall–Kier alpha value is -2.77. The Bertz CT molecular complexity index is 1270. The van der Waals surface area contributed by atoms with Crippen LogP contribution in [0.4, 0.5) is 4.79 Å². The minimum absolute atomic E-state index is 0.120. The number of piperazine rings is 1. The third-order valence-corrected chi connectivity index (χ3v) is 7.38. The third-order valence-electron chi connectivity index (χ3n) is 6.19. The van der Waals surface area contributed by atoms with Gasteiger partial charge >= 0.3 is 6.09 Å². The molecule has 0 N–H and O–H groups in total. The van der Waals surface area contributed by atoms with Gasteiger partial charge in [0.15, 0.2) is 0 Å². The fourth-order valence-corrected chi connectivity index (χ4v) is 5.68. The van der Waals surface area contributed by atoms with E-state index >= 15 is 0 Å². The van der Waals surface area contributed by atoms with Crippen molar-refractivity contribution in [2.75, 3.05) is 26.2 Å². The summed E-state index contributed by atoms with van der Waals surface area (Å²) in [6.45, 7) is 7.28. The molecule has 0 radical (unpaired) electrons. The zero-order valence-corrected chi connectivity index (χ0v) is 21.0. The van der Waals surface area contributed by atoms with Crippen LogP contribution in [0.1, 0.15) is 37.6 Å². The van der Waals surface area contributed by atoms with Gasteiger partial charge in [-0.2, -0.15) is 0 Å². The second-order valence-electron chi connectivity index (χ2n) is 9.68. The van der Waals surface area contributed by atoms with Crippen molar-refractivity contribution in [3.8, 4) is 16.9 Å². The van der Waals surface area contributed by atoms with E-state index in [1.165, 1.54) is 4.70 Å². The highest BCUT2D eigenvalue weighted by atomic mass is 35.5. The maximum atomic E-state index is 13.6. The summed E-state index contributed by atoms with van der Waals surface area (Å²) in [5.41, 5.74) is 1.77. The summed E-state index contributed by atoms with van der Waals surface area (Å²) in [4.78, 5) is 29.6. The van der Waals surface area contributed by atoms with Crippen LogP contribution in [0, 0.1) is 0 Å². The second-order valence-corrected chi connectivity index (χ2v) is 11.0. The average molecular weight is 499 g/mol. The van der Waals surface area contributed by atoms with E-state index in [-0.39, 0.29) is 18.0 Å². The van der Waals surface area contributed by atoms with Crippen LogP contribution in [0.25, 0.3) is 21.2 Å². The minimum atomic E-state index is -0.561. The average Bonchev–Trinajstić information content (AvgIpc) is 3.26. The Balaban J connectivity index is 1.43. The number of ether oxygens (including phenoxy) is 2. The lowest BCUT2D eigenvalue weighted by Crippen LogP contribution is -2.58. The fourth-order valence-electron chi connectivity index (χ4n) is 4.60. The maximum Gasteiger partial charge on any atom is 0.410 e. The largest absolute Gasteiger partial charge is 0.493 e. The van der Waals surface area contributed by atoms with Crippen molar-refractivity contribution in [1.29, 1.82) is 0 Å². The lowest BCUT2D eigenvalue weighted by atomic mass is 9.98. The van der Waals surface area contributed by atoms with Crippen LogP contribution < -0.4 is 4.74 Å². The Morgan fingerprint density at radius 3 is 2.76 bits per heavy atom. The summed E-state index contributed by atoms with van der Waals surface area (Å²) in [7, 11) is 0. The van der Waals surface area contributed by atoms with E-state index in [0.717, 1.165) is 16.5 Å². The van der Waals surface area contributed by atoms with E-state index < -0.39 is 5.60 Å². The van der Waals surface area contributed by atoms with Crippen molar-refractivity contribution < 1.29 is 19.1 Å². The number of amides is 2. The second kappa shape index (κ2) is 8.78. The summed E-state index contributed by atoms with van der Waals surface area (Å²) < 4.78 is 12.8. The molecule has 0 bridgehead atoms. The first kappa shape index (κ1) is 23.0. The SMILES string of the molecule is CC(C)(C)OC(=O)N1CCN2C(=O)c3cc(Cl)c(-c4cccc5sccc45)cc3OCC[C@H]2C1. The molecule has 1 fully saturated rings.